The van der Waals surface area contributed by atoms with E-state index in [-0.39, 0.29) is 0 Å². The molecule has 0 spiro atoms. The maximum atomic E-state index is 13.0. The van der Waals surface area contributed by atoms with Gasteiger partial charge in [0.1, 0.15) is 6.10 Å². The number of hydrogen-bond donors (Lipinski definition) is 1. The van der Waals surface area contributed by atoms with E-state index in [4.69, 9.17) is 25.8 Å². The van der Waals surface area contributed by atoms with E-state index in [2.05, 4.69) is 14.7 Å². The number of rotatable bonds is 15. The zero-order valence-corrected chi connectivity index (χ0v) is 15.6. The molecule has 1 unspecified atom stereocenters. The molecule has 27 heavy (non-hydrogen) atoms. The minimum atomic E-state index is -1.50. The van der Waals surface area contributed by atoms with Gasteiger partial charge in [-0.1, -0.05) is 30.3 Å². The molecule has 0 aromatic heterocycles. The Balaban J connectivity index is 3.21. The van der Waals surface area contributed by atoms with Crippen LogP contribution in [0.2, 0.25) is 0 Å². The standard InChI is InChI=1S/C17H26O10/c1-20-24-14(11-18)16(26-22-3)17(27-23-4)15(25-21-2)13(19)10-12-8-6-5-7-9-12/h5-9,14-18H,10-11H2,1-4H3/t14-,15-,16+,17+/m1/s1/i10D/t10?,14-,15-,16+,17+. The molecule has 0 bridgehead atoms. The fourth-order valence-corrected chi connectivity index (χ4v) is 2.30. The molecule has 0 aliphatic rings. The van der Waals surface area contributed by atoms with Crippen molar-refractivity contribution >= 4 is 5.78 Å². The summed E-state index contributed by atoms with van der Waals surface area (Å²) in [6.45, 7) is -0.581. The van der Waals surface area contributed by atoms with Crippen molar-refractivity contribution in [3.05, 3.63) is 35.9 Å². The minimum Gasteiger partial charge on any atom is -0.393 e. The average molecular weight is 391 g/mol. The average Bonchev–Trinajstić information content (AvgIpc) is 2.73. The predicted octanol–water partition coefficient (Wildman–Crippen LogP) is 0.577. The summed E-state index contributed by atoms with van der Waals surface area (Å²) >= 11 is 0. The summed E-state index contributed by atoms with van der Waals surface area (Å²) in [5.41, 5.74) is 0.435. The maximum Gasteiger partial charge on any atom is 0.183 e. The first-order valence-corrected chi connectivity index (χ1v) is 7.95. The van der Waals surface area contributed by atoms with Crippen molar-refractivity contribution in [2.75, 3.05) is 35.0 Å². The molecule has 1 aromatic rings. The van der Waals surface area contributed by atoms with Crippen molar-refractivity contribution in [2.45, 2.75) is 30.8 Å². The predicted molar refractivity (Wildman–Crippen MR) is 89.8 cm³/mol. The van der Waals surface area contributed by atoms with Crippen molar-refractivity contribution in [1.29, 1.82) is 0 Å². The summed E-state index contributed by atoms with van der Waals surface area (Å²) in [7, 11) is 4.82. The quantitative estimate of drug-likeness (QED) is 0.336. The van der Waals surface area contributed by atoms with Crippen LogP contribution in [0.3, 0.4) is 0 Å². The highest BCUT2D eigenvalue weighted by Gasteiger charge is 2.44. The number of carbonyl (C=O) groups is 1. The highest BCUT2D eigenvalue weighted by molar-refractivity contribution is 5.85. The van der Waals surface area contributed by atoms with E-state index >= 15 is 0 Å². The second kappa shape index (κ2) is 13.7. The third-order valence-electron chi connectivity index (χ3n) is 3.39. The van der Waals surface area contributed by atoms with Gasteiger partial charge in [0.05, 0.1) is 35.0 Å². The molecule has 0 radical (unpaired) electrons. The van der Waals surface area contributed by atoms with Gasteiger partial charge in [0.15, 0.2) is 24.1 Å². The Hall–Kier alpha value is -1.47. The van der Waals surface area contributed by atoms with Crippen molar-refractivity contribution in [3.63, 3.8) is 0 Å². The molecule has 0 saturated heterocycles. The Morgan fingerprint density at radius 3 is 2.00 bits per heavy atom. The van der Waals surface area contributed by atoms with Gasteiger partial charge in [0, 0.05) is 7.77 Å². The van der Waals surface area contributed by atoms with Gasteiger partial charge in [-0.15, -0.1) is 0 Å². The molecule has 5 atom stereocenters. The number of aliphatic hydroxyl groups excluding tert-OH is 1. The summed E-state index contributed by atoms with van der Waals surface area (Å²) in [4.78, 5) is 51.9. The van der Waals surface area contributed by atoms with Crippen molar-refractivity contribution in [2.24, 2.45) is 0 Å². The smallest absolute Gasteiger partial charge is 0.183 e. The monoisotopic (exact) mass is 391 g/mol. The zero-order valence-electron chi connectivity index (χ0n) is 16.6. The van der Waals surface area contributed by atoms with Crippen LogP contribution in [0.4, 0.5) is 0 Å². The van der Waals surface area contributed by atoms with Gasteiger partial charge in [-0.3, -0.25) is 4.79 Å². The number of carbonyl (C=O) groups excluding carboxylic acids is 1. The second-order valence-electron chi connectivity index (χ2n) is 5.08. The van der Waals surface area contributed by atoms with Gasteiger partial charge in [-0.25, -0.2) is 39.1 Å². The largest absolute Gasteiger partial charge is 0.393 e. The lowest BCUT2D eigenvalue weighted by atomic mass is 9.96. The molecule has 1 aromatic carbocycles. The first kappa shape index (κ1) is 21.8. The highest BCUT2D eigenvalue weighted by atomic mass is 17.2. The Morgan fingerprint density at radius 1 is 0.926 bits per heavy atom. The van der Waals surface area contributed by atoms with Crippen LogP contribution in [-0.2, 0) is 50.3 Å². The molecule has 0 saturated carbocycles. The van der Waals surface area contributed by atoms with E-state index in [9.17, 15) is 9.90 Å². The normalized spacial score (nSPS) is 17.6. The van der Waals surface area contributed by atoms with Gasteiger partial charge in [0.25, 0.3) is 0 Å². The SMILES string of the molecule is [2H]C(C(=O)[C@@H](OOC)[C@H](OOC)[C@@H](OOC)[C@@H](CO)OOC)c1ccccc1. The summed E-state index contributed by atoms with van der Waals surface area (Å²) in [5.74, 6) is -0.714. The minimum absolute atomic E-state index is 0.435. The molecular weight excluding hydrogens is 364 g/mol. The van der Waals surface area contributed by atoms with Crippen LogP contribution < -0.4 is 0 Å². The first-order chi connectivity index (χ1) is 13.5. The summed E-state index contributed by atoms with van der Waals surface area (Å²) in [6.07, 6.45) is -6.59. The fourth-order valence-electron chi connectivity index (χ4n) is 2.30. The number of hydrogen-bond acceptors (Lipinski definition) is 10. The van der Waals surface area contributed by atoms with Gasteiger partial charge in [0.2, 0.25) is 0 Å². The van der Waals surface area contributed by atoms with E-state index in [1.54, 1.807) is 30.3 Å². The van der Waals surface area contributed by atoms with Crippen LogP contribution in [0.15, 0.2) is 30.3 Å². The second-order valence-corrected chi connectivity index (χ2v) is 5.08. The number of ketones is 1. The molecule has 10 heteroatoms. The molecule has 0 heterocycles. The molecular formula is C17H26O10. The molecule has 0 amide bonds. The number of benzene rings is 1. The van der Waals surface area contributed by atoms with E-state index in [1.807, 2.05) is 0 Å². The molecule has 10 nitrogen and oxygen atoms in total. The lowest BCUT2D eigenvalue weighted by molar-refractivity contribution is -0.435. The molecule has 0 fully saturated rings. The zero-order chi connectivity index (χ0) is 20.9. The lowest BCUT2D eigenvalue weighted by Crippen LogP contribution is -2.53. The van der Waals surface area contributed by atoms with Gasteiger partial charge < -0.3 is 5.11 Å². The van der Waals surface area contributed by atoms with Crippen LogP contribution in [0, 0.1) is 0 Å². The van der Waals surface area contributed by atoms with Crippen molar-refractivity contribution < 1.29 is 50.4 Å². The number of Topliss-reactive ketones (excluding diaryl/α,β-unsaturated/α-hetero) is 1. The fraction of sp³-hybridized carbons (Fsp3) is 0.588. The Bertz CT molecular complexity index is 546. The Morgan fingerprint density at radius 2 is 1.48 bits per heavy atom. The molecule has 154 valence electrons. The van der Waals surface area contributed by atoms with Crippen molar-refractivity contribution in [1.82, 2.24) is 0 Å². The summed E-state index contributed by atoms with van der Waals surface area (Å²) in [5, 5.41) is 9.58. The summed E-state index contributed by atoms with van der Waals surface area (Å²) in [6, 6.07) is 8.41. The molecule has 1 N–H and O–H groups in total. The van der Waals surface area contributed by atoms with E-state index < -0.39 is 43.2 Å². The van der Waals surface area contributed by atoms with Crippen LogP contribution in [0.5, 0.6) is 0 Å². The van der Waals surface area contributed by atoms with Gasteiger partial charge in [-0.2, -0.15) is 0 Å². The van der Waals surface area contributed by atoms with E-state index in [1.165, 1.54) is 28.4 Å². The van der Waals surface area contributed by atoms with Gasteiger partial charge >= 0.3 is 0 Å². The molecule has 1 rings (SSSR count). The van der Waals surface area contributed by atoms with Crippen LogP contribution in [0.25, 0.3) is 0 Å². The first-order valence-electron chi connectivity index (χ1n) is 8.53. The lowest BCUT2D eigenvalue weighted by Gasteiger charge is -2.32. The van der Waals surface area contributed by atoms with Gasteiger partial charge in [-0.05, 0) is 5.56 Å². The van der Waals surface area contributed by atoms with Crippen LogP contribution in [-0.4, -0.2) is 70.4 Å². The van der Waals surface area contributed by atoms with Crippen molar-refractivity contribution in [3.8, 4) is 0 Å². The third-order valence-corrected chi connectivity index (χ3v) is 3.39. The maximum absolute atomic E-state index is 13.0. The van der Waals surface area contributed by atoms with E-state index in [0.29, 0.717) is 5.56 Å². The van der Waals surface area contributed by atoms with E-state index in [0.717, 1.165) is 0 Å². The highest BCUT2D eigenvalue weighted by Crippen LogP contribution is 2.20. The van der Waals surface area contributed by atoms with Crippen LogP contribution in [0.1, 0.15) is 6.93 Å². The third kappa shape index (κ3) is 7.58. The Labute approximate surface area is 158 Å². The number of aliphatic hydroxyl groups is 1. The summed E-state index contributed by atoms with van der Waals surface area (Å²) < 4.78 is 8.27. The molecule has 0 aliphatic carbocycles. The Kier molecular flexibility index (Phi) is 11.0. The topological polar surface area (TPSA) is 111 Å². The molecule has 0 aliphatic heterocycles. The van der Waals surface area contributed by atoms with Crippen LogP contribution >= 0.6 is 0 Å².